The molecule has 124 valence electrons. The van der Waals surface area contributed by atoms with Gasteiger partial charge in [-0.15, -0.1) is 0 Å². The first-order valence-electron chi connectivity index (χ1n) is 8.98. The molecule has 5 aliphatic rings. The zero-order chi connectivity index (χ0) is 15.5. The number of ether oxygens (including phenoxy) is 2. The van der Waals surface area contributed by atoms with Crippen LogP contribution in [0.25, 0.3) is 0 Å². The molecule has 6 rings (SSSR count). The highest BCUT2D eigenvalue weighted by atomic mass is 16.6. The van der Waals surface area contributed by atoms with Crippen molar-refractivity contribution in [2.45, 2.75) is 56.2 Å². The molecule has 2 unspecified atom stereocenters. The van der Waals surface area contributed by atoms with Crippen LogP contribution in [0.4, 0.5) is 0 Å². The van der Waals surface area contributed by atoms with Crippen LogP contribution in [0.1, 0.15) is 44.1 Å². The first kappa shape index (κ1) is 14.1. The smallest absolute Gasteiger partial charge is 0.161 e. The highest BCUT2D eigenvalue weighted by Crippen LogP contribution is 2.57. The van der Waals surface area contributed by atoms with Gasteiger partial charge in [0.25, 0.3) is 0 Å². The predicted octanol–water partition coefficient (Wildman–Crippen LogP) is 2.63. The number of hydrogen-bond acceptors (Lipinski definition) is 4. The van der Waals surface area contributed by atoms with E-state index in [4.69, 9.17) is 9.47 Å². The van der Waals surface area contributed by atoms with Gasteiger partial charge in [-0.3, -0.25) is 0 Å². The Hall–Kier alpha value is -1.26. The molecular weight excluding hydrogens is 290 g/mol. The maximum absolute atomic E-state index is 10.8. The Labute approximate surface area is 137 Å². The highest BCUT2D eigenvalue weighted by Gasteiger charge is 2.56. The molecule has 1 aromatic carbocycles. The topological polar surface area (TPSA) is 50.7 Å². The van der Waals surface area contributed by atoms with Crippen LogP contribution in [-0.4, -0.2) is 29.5 Å². The van der Waals surface area contributed by atoms with Crippen LogP contribution in [0, 0.1) is 11.8 Å². The summed E-state index contributed by atoms with van der Waals surface area (Å²) < 4.78 is 11.3. The van der Waals surface area contributed by atoms with E-state index < -0.39 is 5.60 Å². The van der Waals surface area contributed by atoms with E-state index in [1.54, 1.807) is 0 Å². The Kier molecular flexibility index (Phi) is 2.99. The van der Waals surface area contributed by atoms with Gasteiger partial charge in [0.05, 0.1) is 5.60 Å². The third-order valence-electron chi connectivity index (χ3n) is 6.30. The zero-order valence-electron chi connectivity index (χ0n) is 13.5. The lowest BCUT2D eigenvalue weighted by Gasteiger charge is -2.60. The average molecular weight is 315 g/mol. The molecule has 1 aromatic rings. The lowest BCUT2D eigenvalue weighted by molar-refractivity contribution is -0.142. The predicted molar refractivity (Wildman–Crippen MR) is 86.6 cm³/mol. The molecule has 23 heavy (non-hydrogen) atoms. The van der Waals surface area contributed by atoms with E-state index in [-0.39, 0.29) is 5.54 Å². The van der Waals surface area contributed by atoms with Gasteiger partial charge < -0.3 is 19.9 Å². The van der Waals surface area contributed by atoms with Crippen LogP contribution in [0.2, 0.25) is 0 Å². The maximum Gasteiger partial charge on any atom is 0.161 e. The Morgan fingerprint density at radius 1 is 1.04 bits per heavy atom. The summed E-state index contributed by atoms with van der Waals surface area (Å²) in [6.45, 7) is 2.10. The van der Waals surface area contributed by atoms with Crippen LogP contribution in [0.15, 0.2) is 18.2 Å². The molecule has 4 fully saturated rings. The van der Waals surface area contributed by atoms with E-state index in [0.29, 0.717) is 25.0 Å². The Bertz CT molecular complexity index is 615. The number of hydrogen-bond donors (Lipinski definition) is 2. The second-order valence-electron chi connectivity index (χ2n) is 8.30. The van der Waals surface area contributed by atoms with Gasteiger partial charge >= 0.3 is 0 Å². The van der Waals surface area contributed by atoms with Crippen LogP contribution in [-0.2, 0) is 6.54 Å². The second-order valence-corrected chi connectivity index (χ2v) is 8.30. The van der Waals surface area contributed by atoms with E-state index in [0.717, 1.165) is 37.3 Å². The van der Waals surface area contributed by atoms with Crippen molar-refractivity contribution >= 4 is 0 Å². The molecule has 0 radical (unpaired) electrons. The van der Waals surface area contributed by atoms with E-state index in [1.807, 2.05) is 6.07 Å². The summed E-state index contributed by atoms with van der Waals surface area (Å²) in [7, 11) is 0. The molecule has 0 amide bonds. The molecule has 2 atom stereocenters. The van der Waals surface area contributed by atoms with Crippen molar-refractivity contribution < 1.29 is 14.6 Å². The van der Waals surface area contributed by atoms with Gasteiger partial charge in [0.15, 0.2) is 11.5 Å². The zero-order valence-corrected chi connectivity index (χ0v) is 13.5. The van der Waals surface area contributed by atoms with Crippen LogP contribution >= 0.6 is 0 Å². The molecule has 4 bridgehead atoms. The average Bonchev–Trinajstić information content (AvgIpc) is 2.50. The number of benzene rings is 1. The minimum Gasteiger partial charge on any atom is -0.486 e. The van der Waals surface area contributed by atoms with E-state index in [2.05, 4.69) is 17.4 Å². The van der Waals surface area contributed by atoms with E-state index in [1.165, 1.54) is 24.8 Å². The maximum atomic E-state index is 10.8. The number of aliphatic hydroxyl groups is 1. The van der Waals surface area contributed by atoms with Gasteiger partial charge in [-0.25, -0.2) is 0 Å². The highest BCUT2D eigenvalue weighted by molar-refractivity contribution is 5.43. The molecule has 0 aromatic heterocycles. The SMILES string of the molecule is OC12CC3CC(C1)CC(NCc1ccc4c(c1)OCCO4)(C3)C2. The molecular formula is C19H25NO3. The summed E-state index contributed by atoms with van der Waals surface area (Å²) in [5.41, 5.74) is 0.979. The molecule has 4 saturated carbocycles. The minimum atomic E-state index is -0.399. The Balaban J connectivity index is 1.33. The number of rotatable bonds is 3. The molecule has 0 saturated heterocycles. The summed E-state index contributed by atoms with van der Waals surface area (Å²) in [6.07, 6.45) is 6.77. The fourth-order valence-corrected chi connectivity index (χ4v) is 5.91. The minimum absolute atomic E-state index is 0.145. The fraction of sp³-hybridized carbons (Fsp3) is 0.684. The Morgan fingerprint density at radius 3 is 2.52 bits per heavy atom. The van der Waals surface area contributed by atoms with Crippen molar-refractivity contribution in [3.8, 4) is 11.5 Å². The molecule has 4 heteroatoms. The van der Waals surface area contributed by atoms with Crippen LogP contribution < -0.4 is 14.8 Å². The van der Waals surface area contributed by atoms with Crippen molar-refractivity contribution in [2.24, 2.45) is 11.8 Å². The molecule has 1 aliphatic heterocycles. The largest absolute Gasteiger partial charge is 0.486 e. The van der Waals surface area contributed by atoms with Crippen LogP contribution in [0.3, 0.4) is 0 Å². The normalized spacial score (nSPS) is 40.4. The van der Waals surface area contributed by atoms with Crippen molar-refractivity contribution in [3.63, 3.8) is 0 Å². The lowest BCUT2D eigenvalue weighted by atomic mass is 9.51. The van der Waals surface area contributed by atoms with Crippen LogP contribution in [0.5, 0.6) is 11.5 Å². The van der Waals surface area contributed by atoms with Crippen molar-refractivity contribution in [1.82, 2.24) is 5.32 Å². The fourth-order valence-electron chi connectivity index (χ4n) is 5.91. The summed E-state index contributed by atoms with van der Waals surface area (Å²) in [4.78, 5) is 0. The van der Waals surface area contributed by atoms with Gasteiger partial charge in [0.2, 0.25) is 0 Å². The van der Waals surface area contributed by atoms with Gasteiger partial charge in [-0.05, 0) is 68.1 Å². The second kappa shape index (κ2) is 4.87. The quantitative estimate of drug-likeness (QED) is 0.900. The first-order chi connectivity index (χ1) is 11.1. The molecule has 4 aliphatic carbocycles. The standard InChI is InChI=1S/C19H25NO3/c21-19-9-14-5-15(10-19)8-18(7-14,12-19)20-11-13-1-2-16-17(6-13)23-4-3-22-16/h1-2,6,14-15,20-21H,3-5,7-12H2. The third kappa shape index (κ3) is 2.43. The molecule has 2 N–H and O–H groups in total. The summed E-state index contributed by atoms with van der Waals surface area (Å²) in [6, 6.07) is 6.23. The number of fused-ring (bicyclic) bond motifs is 1. The van der Waals surface area contributed by atoms with Gasteiger partial charge in [0.1, 0.15) is 13.2 Å². The van der Waals surface area contributed by atoms with Crippen molar-refractivity contribution in [3.05, 3.63) is 23.8 Å². The van der Waals surface area contributed by atoms with E-state index >= 15 is 0 Å². The van der Waals surface area contributed by atoms with E-state index in [9.17, 15) is 5.11 Å². The first-order valence-corrected chi connectivity index (χ1v) is 8.98. The monoisotopic (exact) mass is 315 g/mol. The summed E-state index contributed by atoms with van der Waals surface area (Å²) in [5.74, 6) is 3.15. The summed E-state index contributed by atoms with van der Waals surface area (Å²) in [5, 5.41) is 14.7. The van der Waals surface area contributed by atoms with Gasteiger partial charge in [-0.2, -0.15) is 0 Å². The van der Waals surface area contributed by atoms with Gasteiger partial charge in [-0.1, -0.05) is 6.07 Å². The molecule has 1 heterocycles. The summed E-state index contributed by atoms with van der Waals surface area (Å²) >= 11 is 0. The number of nitrogens with one attached hydrogen (secondary N) is 1. The molecule has 0 spiro atoms. The van der Waals surface area contributed by atoms with Crippen molar-refractivity contribution in [1.29, 1.82) is 0 Å². The third-order valence-corrected chi connectivity index (χ3v) is 6.30. The van der Waals surface area contributed by atoms with Crippen molar-refractivity contribution in [2.75, 3.05) is 13.2 Å². The van der Waals surface area contributed by atoms with Gasteiger partial charge in [0, 0.05) is 12.1 Å². The molecule has 4 nitrogen and oxygen atoms in total. The lowest BCUT2D eigenvalue weighted by Crippen LogP contribution is -2.64. The Morgan fingerprint density at radius 2 is 1.78 bits per heavy atom.